The third kappa shape index (κ3) is 3.82. The lowest BCUT2D eigenvalue weighted by Crippen LogP contribution is -2.37. The van der Waals surface area contributed by atoms with Gasteiger partial charge in [0.2, 0.25) is 0 Å². The van der Waals surface area contributed by atoms with Crippen LogP contribution in [0.3, 0.4) is 0 Å². The summed E-state index contributed by atoms with van der Waals surface area (Å²) in [6, 6.07) is 7.01. The van der Waals surface area contributed by atoms with E-state index in [1.54, 1.807) is 15.9 Å². The maximum Gasteiger partial charge on any atom is 0.270 e. The Kier molecular flexibility index (Phi) is 5.16. The number of carbonyl (C=O) groups is 3. The second-order valence-electron chi connectivity index (χ2n) is 6.30. The lowest BCUT2D eigenvalue weighted by molar-refractivity contribution is 0.0716. The fourth-order valence-corrected chi connectivity index (χ4v) is 2.99. The predicted octanol–water partition coefficient (Wildman–Crippen LogP) is 2.34. The highest BCUT2D eigenvalue weighted by molar-refractivity contribution is 5.99. The van der Waals surface area contributed by atoms with Crippen LogP contribution in [0.4, 0.5) is 4.39 Å². The molecule has 2 heterocycles. The zero-order valence-corrected chi connectivity index (χ0v) is 14.5. The van der Waals surface area contributed by atoms with Crippen molar-refractivity contribution in [2.75, 3.05) is 26.2 Å². The van der Waals surface area contributed by atoms with Gasteiger partial charge in [-0.1, -0.05) is 0 Å². The molecule has 1 aromatic heterocycles. The van der Waals surface area contributed by atoms with E-state index in [9.17, 15) is 18.8 Å². The van der Waals surface area contributed by atoms with Gasteiger partial charge in [-0.05, 0) is 43.7 Å². The Labute approximate surface area is 150 Å². The van der Waals surface area contributed by atoms with Gasteiger partial charge in [0, 0.05) is 43.5 Å². The van der Waals surface area contributed by atoms with E-state index in [1.165, 1.54) is 37.4 Å². The van der Waals surface area contributed by atoms with Gasteiger partial charge in [0.1, 0.15) is 11.5 Å². The highest BCUT2D eigenvalue weighted by Crippen LogP contribution is 2.13. The molecule has 0 unspecified atom stereocenters. The maximum atomic E-state index is 13.0. The summed E-state index contributed by atoms with van der Waals surface area (Å²) in [5.41, 5.74) is 1.27. The number of ketones is 1. The Hall–Kier alpha value is -2.96. The number of nitrogens with one attached hydrogen (secondary N) is 1. The third-order valence-corrected chi connectivity index (χ3v) is 4.48. The molecule has 1 saturated heterocycles. The summed E-state index contributed by atoms with van der Waals surface area (Å²) < 4.78 is 13.0. The van der Waals surface area contributed by atoms with Gasteiger partial charge >= 0.3 is 0 Å². The highest BCUT2D eigenvalue weighted by atomic mass is 19.1. The van der Waals surface area contributed by atoms with E-state index in [2.05, 4.69) is 4.98 Å². The van der Waals surface area contributed by atoms with Crippen molar-refractivity contribution in [2.24, 2.45) is 0 Å². The Balaban J connectivity index is 1.65. The van der Waals surface area contributed by atoms with E-state index in [1.807, 2.05) is 0 Å². The van der Waals surface area contributed by atoms with E-state index in [4.69, 9.17) is 0 Å². The summed E-state index contributed by atoms with van der Waals surface area (Å²) in [5.74, 6) is -0.844. The van der Waals surface area contributed by atoms with Crippen LogP contribution in [0.25, 0.3) is 0 Å². The van der Waals surface area contributed by atoms with Gasteiger partial charge in [-0.15, -0.1) is 0 Å². The summed E-state index contributed by atoms with van der Waals surface area (Å²) in [7, 11) is 0. The number of benzene rings is 1. The van der Waals surface area contributed by atoms with Crippen molar-refractivity contribution in [3.8, 4) is 0 Å². The SMILES string of the molecule is CC(=O)c1c[nH]c(C(=O)N2CCCN(C(=O)c3ccc(F)cc3)CC2)c1. The Bertz CT molecular complexity index is 829. The Morgan fingerprint density at radius 2 is 1.54 bits per heavy atom. The van der Waals surface area contributed by atoms with E-state index < -0.39 is 0 Å². The lowest BCUT2D eigenvalue weighted by atomic mass is 10.2. The minimum Gasteiger partial charge on any atom is -0.356 e. The summed E-state index contributed by atoms with van der Waals surface area (Å²) in [6.07, 6.45) is 2.18. The van der Waals surface area contributed by atoms with E-state index in [-0.39, 0.29) is 23.4 Å². The van der Waals surface area contributed by atoms with E-state index in [0.29, 0.717) is 49.4 Å². The number of nitrogens with zero attached hydrogens (tertiary/aromatic N) is 2. The number of carbonyl (C=O) groups excluding carboxylic acids is 3. The molecular formula is C19H20FN3O3. The van der Waals surface area contributed by atoms with Crippen LogP contribution in [-0.2, 0) is 0 Å². The van der Waals surface area contributed by atoms with E-state index in [0.717, 1.165) is 0 Å². The zero-order chi connectivity index (χ0) is 18.7. The molecule has 6 nitrogen and oxygen atoms in total. The average Bonchev–Trinajstić information content (AvgIpc) is 3.00. The molecule has 0 aliphatic carbocycles. The van der Waals surface area contributed by atoms with Gasteiger partial charge in [-0.25, -0.2) is 4.39 Å². The number of amides is 2. The Morgan fingerprint density at radius 1 is 0.923 bits per heavy atom. The van der Waals surface area contributed by atoms with Gasteiger partial charge in [0.25, 0.3) is 11.8 Å². The van der Waals surface area contributed by atoms with Crippen LogP contribution in [-0.4, -0.2) is 58.6 Å². The molecule has 26 heavy (non-hydrogen) atoms. The standard InChI is InChI=1S/C19H20FN3O3/c1-13(24)15-11-17(21-12-15)19(26)23-8-2-7-22(9-10-23)18(25)14-3-5-16(20)6-4-14/h3-6,11-12,21H,2,7-10H2,1H3. The summed E-state index contributed by atoms with van der Waals surface area (Å²) in [4.78, 5) is 42.7. The van der Waals surface area contributed by atoms with Gasteiger partial charge in [-0.3, -0.25) is 14.4 Å². The van der Waals surface area contributed by atoms with Gasteiger partial charge in [0.05, 0.1) is 0 Å². The fourth-order valence-electron chi connectivity index (χ4n) is 2.99. The lowest BCUT2D eigenvalue weighted by Gasteiger charge is -2.22. The molecule has 3 rings (SSSR count). The number of H-pyrrole nitrogens is 1. The van der Waals surface area contributed by atoms with Crippen LogP contribution >= 0.6 is 0 Å². The molecule has 1 fully saturated rings. The first kappa shape index (κ1) is 17.8. The second kappa shape index (κ2) is 7.51. The first-order valence-electron chi connectivity index (χ1n) is 8.49. The van der Waals surface area contributed by atoms with Crippen LogP contribution in [0, 0.1) is 5.82 Å². The molecule has 0 saturated carbocycles. The van der Waals surface area contributed by atoms with Crippen molar-refractivity contribution in [1.29, 1.82) is 0 Å². The number of hydrogen-bond donors (Lipinski definition) is 1. The van der Waals surface area contributed by atoms with Crippen LogP contribution in [0.2, 0.25) is 0 Å². The van der Waals surface area contributed by atoms with Crippen molar-refractivity contribution < 1.29 is 18.8 Å². The smallest absolute Gasteiger partial charge is 0.270 e. The van der Waals surface area contributed by atoms with Crippen molar-refractivity contribution in [2.45, 2.75) is 13.3 Å². The molecule has 0 bridgehead atoms. The molecule has 1 aliphatic rings. The van der Waals surface area contributed by atoms with Gasteiger partial charge < -0.3 is 14.8 Å². The summed E-state index contributed by atoms with van der Waals surface area (Å²) >= 11 is 0. The molecule has 0 spiro atoms. The minimum atomic E-state index is -0.384. The fraction of sp³-hybridized carbons (Fsp3) is 0.316. The van der Waals surface area contributed by atoms with Crippen molar-refractivity contribution in [3.05, 3.63) is 59.2 Å². The number of aromatic amines is 1. The number of hydrogen-bond acceptors (Lipinski definition) is 3. The number of Topliss-reactive ketones (excluding diaryl/α,β-unsaturated/α-hetero) is 1. The normalized spacial score (nSPS) is 14.8. The zero-order valence-electron chi connectivity index (χ0n) is 14.5. The quantitative estimate of drug-likeness (QED) is 0.857. The number of rotatable bonds is 3. The van der Waals surface area contributed by atoms with Gasteiger partial charge in [0.15, 0.2) is 5.78 Å². The molecular weight excluding hydrogens is 337 g/mol. The molecule has 7 heteroatoms. The first-order chi connectivity index (χ1) is 12.5. The van der Waals surface area contributed by atoms with Crippen molar-refractivity contribution in [1.82, 2.24) is 14.8 Å². The first-order valence-corrected chi connectivity index (χ1v) is 8.49. The molecule has 1 aliphatic heterocycles. The molecule has 2 aromatic rings. The maximum absolute atomic E-state index is 13.0. The highest BCUT2D eigenvalue weighted by Gasteiger charge is 2.24. The van der Waals surface area contributed by atoms with E-state index >= 15 is 0 Å². The number of halogens is 1. The van der Waals surface area contributed by atoms with Crippen molar-refractivity contribution in [3.63, 3.8) is 0 Å². The molecule has 1 aromatic carbocycles. The predicted molar refractivity (Wildman–Crippen MR) is 93.6 cm³/mol. The second-order valence-corrected chi connectivity index (χ2v) is 6.30. The summed E-state index contributed by atoms with van der Waals surface area (Å²) in [6.45, 7) is 3.31. The van der Waals surface area contributed by atoms with Gasteiger partial charge in [-0.2, -0.15) is 0 Å². The van der Waals surface area contributed by atoms with Crippen LogP contribution in [0.5, 0.6) is 0 Å². The Morgan fingerprint density at radius 3 is 2.12 bits per heavy atom. The monoisotopic (exact) mass is 357 g/mol. The minimum absolute atomic E-state index is 0.104. The topological polar surface area (TPSA) is 73.5 Å². The number of aromatic nitrogens is 1. The van der Waals surface area contributed by atoms with Crippen LogP contribution in [0.15, 0.2) is 36.5 Å². The van der Waals surface area contributed by atoms with Crippen molar-refractivity contribution >= 4 is 17.6 Å². The molecule has 1 N–H and O–H groups in total. The average molecular weight is 357 g/mol. The molecule has 0 atom stereocenters. The largest absolute Gasteiger partial charge is 0.356 e. The van der Waals surface area contributed by atoms with Crippen LogP contribution < -0.4 is 0 Å². The molecule has 0 radical (unpaired) electrons. The van der Waals surface area contributed by atoms with Crippen LogP contribution in [0.1, 0.15) is 44.5 Å². The third-order valence-electron chi connectivity index (χ3n) is 4.48. The summed E-state index contributed by atoms with van der Waals surface area (Å²) in [5, 5.41) is 0. The molecule has 2 amide bonds. The molecule has 136 valence electrons.